The van der Waals surface area contributed by atoms with Crippen molar-refractivity contribution in [3.8, 4) is 0 Å². The van der Waals surface area contributed by atoms with E-state index in [2.05, 4.69) is 6.92 Å². The van der Waals surface area contributed by atoms with E-state index in [0.717, 1.165) is 26.1 Å². The molecule has 0 aliphatic rings. The molecule has 1 unspecified atom stereocenters. The fourth-order valence-corrected chi connectivity index (χ4v) is 3.10. The summed E-state index contributed by atoms with van der Waals surface area (Å²) in [6, 6.07) is 0. The van der Waals surface area contributed by atoms with Crippen molar-refractivity contribution in [1.29, 1.82) is 0 Å². The normalized spacial score (nSPS) is 12.6. The van der Waals surface area contributed by atoms with Gasteiger partial charge in [-0.25, -0.2) is 4.39 Å². The average molecular weight is 345 g/mol. The molecule has 0 heterocycles. The molecule has 0 amide bonds. The molecule has 0 aromatic carbocycles. The van der Waals surface area contributed by atoms with Crippen molar-refractivity contribution in [2.75, 3.05) is 13.2 Å². The highest BCUT2D eigenvalue weighted by atomic mass is 19.1. The van der Waals surface area contributed by atoms with Gasteiger partial charge in [-0.05, 0) is 26.2 Å². The third-order valence-electron chi connectivity index (χ3n) is 4.78. The molecule has 0 rings (SSSR count). The number of halogens is 1. The summed E-state index contributed by atoms with van der Waals surface area (Å²) in [6.07, 6.45) is 21.3. The fourth-order valence-electron chi connectivity index (χ4n) is 3.10. The highest BCUT2D eigenvalue weighted by Gasteiger charge is 1.98. The van der Waals surface area contributed by atoms with E-state index in [9.17, 15) is 4.39 Å². The van der Waals surface area contributed by atoms with Gasteiger partial charge in [-0.2, -0.15) is 0 Å². The third kappa shape index (κ3) is 21.9. The molecule has 0 saturated heterocycles. The van der Waals surface area contributed by atoms with Crippen molar-refractivity contribution >= 4 is 0 Å². The predicted molar refractivity (Wildman–Crippen MR) is 106 cm³/mol. The molecule has 0 radical (unpaired) electrons. The number of hydrogen-bond donors (Lipinski definition) is 0. The second-order valence-electron chi connectivity index (χ2n) is 7.49. The first-order valence-corrected chi connectivity index (χ1v) is 11.0. The number of alkyl halides is 1. The zero-order valence-electron chi connectivity index (χ0n) is 16.8. The second-order valence-corrected chi connectivity index (χ2v) is 7.49. The molecule has 0 N–H and O–H groups in total. The molecule has 0 aromatic heterocycles. The summed E-state index contributed by atoms with van der Waals surface area (Å²) in [5.41, 5.74) is 0. The van der Waals surface area contributed by atoms with E-state index in [1.54, 1.807) is 6.92 Å². The van der Waals surface area contributed by atoms with Crippen LogP contribution in [0.5, 0.6) is 0 Å². The quantitative estimate of drug-likeness (QED) is 0.203. The Labute approximate surface area is 152 Å². The highest BCUT2D eigenvalue weighted by molar-refractivity contribution is 4.51. The smallest absolute Gasteiger partial charge is 0.0973 e. The standard InChI is InChI=1S/C22H45FO/c1-3-4-20-24-21-18-16-14-12-10-8-6-5-7-9-11-13-15-17-19-22(2)23/h22H,3-21H2,1-2H3. The molecule has 0 fully saturated rings. The number of ether oxygens (including phenoxy) is 1. The monoisotopic (exact) mass is 344 g/mol. The minimum Gasteiger partial charge on any atom is -0.381 e. The van der Waals surface area contributed by atoms with Gasteiger partial charge in [-0.15, -0.1) is 0 Å². The van der Waals surface area contributed by atoms with Gasteiger partial charge in [-0.3, -0.25) is 0 Å². The molecule has 1 nitrogen and oxygen atoms in total. The first-order chi connectivity index (χ1) is 11.8. The van der Waals surface area contributed by atoms with Gasteiger partial charge in [0.25, 0.3) is 0 Å². The molecule has 0 aliphatic heterocycles. The largest absolute Gasteiger partial charge is 0.381 e. The van der Waals surface area contributed by atoms with Crippen LogP contribution >= 0.6 is 0 Å². The van der Waals surface area contributed by atoms with E-state index in [1.165, 1.54) is 96.3 Å². The van der Waals surface area contributed by atoms with Crippen LogP contribution in [0.3, 0.4) is 0 Å². The lowest BCUT2D eigenvalue weighted by molar-refractivity contribution is 0.127. The van der Waals surface area contributed by atoms with Crippen LogP contribution < -0.4 is 0 Å². The maximum atomic E-state index is 12.6. The Hall–Kier alpha value is -0.110. The Bertz CT molecular complexity index is 218. The van der Waals surface area contributed by atoms with E-state index in [1.807, 2.05) is 0 Å². The van der Waals surface area contributed by atoms with Gasteiger partial charge in [0, 0.05) is 13.2 Å². The van der Waals surface area contributed by atoms with Crippen molar-refractivity contribution in [2.45, 2.75) is 129 Å². The van der Waals surface area contributed by atoms with Crippen LogP contribution in [0.4, 0.5) is 4.39 Å². The first-order valence-electron chi connectivity index (χ1n) is 11.0. The molecular formula is C22H45FO. The molecule has 0 saturated carbocycles. The van der Waals surface area contributed by atoms with Crippen molar-refractivity contribution in [3.63, 3.8) is 0 Å². The summed E-state index contributed by atoms with van der Waals surface area (Å²) in [5.74, 6) is 0. The number of unbranched alkanes of at least 4 members (excludes halogenated alkanes) is 14. The lowest BCUT2D eigenvalue weighted by Gasteiger charge is -2.04. The summed E-state index contributed by atoms with van der Waals surface area (Å²) in [4.78, 5) is 0. The van der Waals surface area contributed by atoms with Crippen LogP contribution in [-0.4, -0.2) is 19.4 Å². The van der Waals surface area contributed by atoms with Crippen LogP contribution in [0.2, 0.25) is 0 Å². The van der Waals surface area contributed by atoms with Crippen molar-refractivity contribution in [3.05, 3.63) is 0 Å². The molecule has 0 aromatic rings. The molecule has 0 bridgehead atoms. The third-order valence-corrected chi connectivity index (χ3v) is 4.78. The van der Waals surface area contributed by atoms with Crippen LogP contribution in [0.15, 0.2) is 0 Å². The Morgan fingerprint density at radius 2 is 0.958 bits per heavy atom. The summed E-state index contributed by atoms with van der Waals surface area (Å²) in [7, 11) is 0. The Morgan fingerprint density at radius 3 is 1.38 bits per heavy atom. The van der Waals surface area contributed by atoms with Gasteiger partial charge in [0.05, 0.1) is 6.17 Å². The van der Waals surface area contributed by atoms with Gasteiger partial charge in [0.15, 0.2) is 0 Å². The summed E-state index contributed by atoms with van der Waals surface area (Å²) < 4.78 is 18.2. The first kappa shape index (κ1) is 23.9. The van der Waals surface area contributed by atoms with Gasteiger partial charge in [-0.1, -0.05) is 96.8 Å². The van der Waals surface area contributed by atoms with E-state index in [4.69, 9.17) is 4.74 Å². The Balaban J connectivity index is 2.95. The van der Waals surface area contributed by atoms with E-state index >= 15 is 0 Å². The van der Waals surface area contributed by atoms with Crippen molar-refractivity contribution in [2.24, 2.45) is 0 Å². The summed E-state index contributed by atoms with van der Waals surface area (Å²) in [5, 5.41) is 0. The molecule has 1 atom stereocenters. The summed E-state index contributed by atoms with van der Waals surface area (Å²) >= 11 is 0. The molecule has 2 heteroatoms. The second kappa shape index (κ2) is 20.9. The molecule has 146 valence electrons. The molecule has 0 spiro atoms. The average Bonchev–Trinajstić information content (AvgIpc) is 2.56. The number of hydrogen-bond acceptors (Lipinski definition) is 1. The van der Waals surface area contributed by atoms with Gasteiger partial charge >= 0.3 is 0 Å². The minimum absolute atomic E-state index is 0.607. The Kier molecular flexibility index (Phi) is 20.8. The maximum Gasteiger partial charge on any atom is 0.0973 e. The van der Waals surface area contributed by atoms with Gasteiger partial charge in [0.1, 0.15) is 0 Å². The van der Waals surface area contributed by atoms with Crippen molar-refractivity contribution in [1.82, 2.24) is 0 Å². The van der Waals surface area contributed by atoms with Crippen molar-refractivity contribution < 1.29 is 9.13 Å². The van der Waals surface area contributed by atoms with Gasteiger partial charge < -0.3 is 4.74 Å². The van der Waals surface area contributed by atoms with Gasteiger partial charge in [0.2, 0.25) is 0 Å². The van der Waals surface area contributed by atoms with Crippen LogP contribution in [0.25, 0.3) is 0 Å². The van der Waals surface area contributed by atoms with Crippen LogP contribution in [0.1, 0.15) is 123 Å². The lowest BCUT2D eigenvalue weighted by Crippen LogP contribution is -1.96. The maximum absolute atomic E-state index is 12.6. The SMILES string of the molecule is CCCCOCCCCCCCCCCCCCCCCC(C)F. The van der Waals surface area contributed by atoms with E-state index in [0.29, 0.717) is 0 Å². The molecule has 24 heavy (non-hydrogen) atoms. The zero-order valence-corrected chi connectivity index (χ0v) is 16.8. The van der Waals surface area contributed by atoms with E-state index < -0.39 is 6.17 Å². The molecule has 0 aliphatic carbocycles. The minimum atomic E-state index is -0.607. The van der Waals surface area contributed by atoms with Crippen LogP contribution in [-0.2, 0) is 4.74 Å². The zero-order chi connectivity index (χ0) is 17.7. The summed E-state index contributed by atoms with van der Waals surface area (Å²) in [6.45, 7) is 5.80. The highest BCUT2D eigenvalue weighted by Crippen LogP contribution is 2.14. The number of rotatable bonds is 20. The van der Waals surface area contributed by atoms with Crippen LogP contribution in [0, 0.1) is 0 Å². The Morgan fingerprint density at radius 1 is 0.583 bits per heavy atom. The fraction of sp³-hybridized carbons (Fsp3) is 1.00. The topological polar surface area (TPSA) is 9.23 Å². The molecular weight excluding hydrogens is 299 g/mol. The predicted octanol–water partition coefficient (Wildman–Crippen LogP) is 8.01. The van der Waals surface area contributed by atoms with E-state index in [-0.39, 0.29) is 0 Å². The lowest BCUT2D eigenvalue weighted by atomic mass is 10.0.